The Bertz CT molecular complexity index is 190. The van der Waals surface area contributed by atoms with Crippen molar-refractivity contribution in [3.63, 3.8) is 0 Å². The van der Waals surface area contributed by atoms with Crippen LogP contribution in [0.1, 0.15) is 33.1 Å². The van der Waals surface area contributed by atoms with E-state index >= 15 is 0 Å². The highest BCUT2D eigenvalue weighted by atomic mass is 32.2. The number of thioether (sulfide) groups is 1. The molecule has 2 aliphatic rings. The van der Waals surface area contributed by atoms with E-state index in [0.29, 0.717) is 4.87 Å². The van der Waals surface area contributed by atoms with E-state index in [2.05, 4.69) is 35.8 Å². The smallest absolute Gasteiger partial charge is 0.0669 e. The highest BCUT2D eigenvalue weighted by Gasteiger charge is 2.37. The minimum absolute atomic E-state index is 0.441. The van der Waals surface area contributed by atoms with Crippen LogP contribution in [0.5, 0.6) is 0 Å². The fourth-order valence-corrected chi connectivity index (χ4v) is 3.93. The first-order chi connectivity index (χ1) is 7.24. The minimum atomic E-state index is 0.441. The summed E-state index contributed by atoms with van der Waals surface area (Å²) >= 11 is 2.18. The van der Waals surface area contributed by atoms with Crippen molar-refractivity contribution in [2.45, 2.75) is 38.0 Å². The second-order valence-electron chi connectivity index (χ2n) is 5.13. The predicted molar refractivity (Wildman–Crippen MR) is 68.3 cm³/mol. The Labute approximate surface area is 98.2 Å². The normalized spacial score (nSPS) is 32.0. The maximum atomic E-state index is 3.78. The van der Waals surface area contributed by atoms with Gasteiger partial charge in [-0.25, -0.2) is 0 Å². The number of nitrogens with zero attached hydrogens (tertiary/aromatic N) is 1. The molecule has 0 aliphatic carbocycles. The Balaban J connectivity index is 1.81. The summed E-state index contributed by atoms with van der Waals surface area (Å²) in [5.41, 5.74) is 0. The van der Waals surface area contributed by atoms with Crippen molar-refractivity contribution in [3.8, 4) is 0 Å². The average molecular weight is 228 g/mol. The molecule has 0 radical (unpaired) electrons. The first kappa shape index (κ1) is 11.7. The number of hydrogen-bond donors (Lipinski definition) is 1. The molecule has 2 nitrogen and oxygen atoms in total. The number of hydrogen-bond acceptors (Lipinski definition) is 3. The van der Waals surface area contributed by atoms with E-state index in [-0.39, 0.29) is 0 Å². The van der Waals surface area contributed by atoms with Crippen LogP contribution in [0, 0.1) is 5.92 Å². The summed E-state index contributed by atoms with van der Waals surface area (Å²) in [5.74, 6) is 2.20. The van der Waals surface area contributed by atoms with Crippen LogP contribution < -0.4 is 5.32 Å². The molecule has 88 valence electrons. The van der Waals surface area contributed by atoms with Gasteiger partial charge in [-0.2, -0.15) is 0 Å². The zero-order valence-corrected chi connectivity index (χ0v) is 10.9. The third kappa shape index (κ3) is 2.89. The summed E-state index contributed by atoms with van der Waals surface area (Å²) in [6, 6.07) is 0. The zero-order chi connectivity index (χ0) is 10.7. The van der Waals surface area contributed by atoms with E-state index in [4.69, 9.17) is 0 Å². The van der Waals surface area contributed by atoms with Gasteiger partial charge < -0.3 is 10.2 Å². The van der Waals surface area contributed by atoms with Crippen LogP contribution in [0.15, 0.2) is 0 Å². The van der Waals surface area contributed by atoms with E-state index in [0.717, 1.165) is 5.92 Å². The Morgan fingerprint density at radius 1 is 1.40 bits per heavy atom. The first-order valence-corrected chi connectivity index (χ1v) is 7.34. The lowest BCUT2D eigenvalue weighted by Crippen LogP contribution is -2.55. The second-order valence-corrected chi connectivity index (χ2v) is 6.54. The SMILES string of the molecule is CCCN1CCC2(CC1)NCC(C)CS2. The molecule has 0 aromatic carbocycles. The fraction of sp³-hybridized carbons (Fsp3) is 1.00. The molecule has 0 aromatic rings. The van der Waals surface area contributed by atoms with Crippen LogP contribution in [0.3, 0.4) is 0 Å². The molecule has 0 bridgehead atoms. The molecule has 1 atom stereocenters. The van der Waals surface area contributed by atoms with Gasteiger partial charge in [-0.3, -0.25) is 0 Å². The Morgan fingerprint density at radius 3 is 2.67 bits per heavy atom. The Morgan fingerprint density at radius 2 is 2.13 bits per heavy atom. The van der Waals surface area contributed by atoms with Gasteiger partial charge in [0, 0.05) is 13.1 Å². The van der Waals surface area contributed by atoms with Crippen molar-refractivity contribution >= 4 is 11.8 Å². The lowest BCUT2D eigenvalue weighted by molar-refractivity contribution is 0.178. The molecule has 2 aliphatic heterocycles. The summed E-state index contributed by atoms with van der Waals surface area (Å²) < 4.78 is 0. The van der Waals surface area contributed by atoms with Gasteiger partial charge in [0.1, 0.15) is 0 Å². The van der Waals surface area contributed by atoms with Crippen LogP contribution >= 0.6 is 11.8 Å². The van der Waals surface area contributed by atoms with Crippen molar-refractivity contribution in [3.05, 3.63) is 0 Å². The maximum absolute atomic E-state index is 3.78. The molecule has 3 heteroatoms. The molecule has 2 rings (SSSR count). The molecule has 2 fully saturated rings. The monoisotopic (exact) mass is 228 g/mol. The van der Waals surface area contributed by atoms with Gasteiger partial charge in [0.05, 0.1) is 4.87 Å². The summed E-state index contributed by atoms with van der Waals surface area (Å²) in [6.45, 7) is 9.72. The lowest BCUT2D eigenvalue weighted by Gasteiger charge is -2.45. The van der Waals surface area contributed by atoms with Crippen LogP contribution in [0.4, 0.5) is 0 Å². The average Bonchev–Trinajstić information content (AvgIpc) is 2.27. The number of piperidine rings is 1. The molecule has 2 saturated heterocycles. The molecule has 1 N–H and O–H groups in total. The van der Waals surface area contributed by atoms with Crippen LogP contribution in [-0.4, -0.2) is 41.7 Å². The molecular formula is C12H24N2S. The number of nitrogens with one attached hydrogen (secondary N) is 1. The van der Waals surface area contributed by atoms with E-state index in [1.807, 2.05) is 0 Å². The molecule has 2 heterocycles. The summed E-state index contributed by atoms with van der Waals surface area (Å²) in [4.78, 5) is 3.06. The van der Waals surface area contributed by atoms with Crippen LogP contribution in [0.2, 0.25) is 0 Å². The fourth-order valence-electron chi connectivity index (χ4n) is 2.55. The van der Waals surface area contributed by atoms with Crippen molar-refractivity contribution in [2.75, 3.05) is 31.9 Å². The molecule has 0 aromatic heterocycles. The highest BCUT2D eigenvalue weighted by Crippen LogP contribution is 2.37. The van der Waals surface area contributed by atoms with Gasteiger partial charge in [-0.15, -0.1) is 11.8 Å². The molecule has 0 saturated carbocycles. The van der Waals surface area contributed by atoms with Gasteiger partial charge in [-0.1, -0.05) is 13.8 Å². The van der Waals surface area contributed by atoms with Crippen molar-refractivity contribution in [1.29, 1.82) is 0 Å². The Hall–Kier alpha value is 0.270. The predicted octanol–water partition coefficient (Wildman–Crippen LogP) is 2.16. The van der Waals surface area contributed by atoms with Gasteiger partial charge in [0.15, 0.2) is 0 Å². The van der Waals surface area contributed by atoms with Crippen LogP contribution in [0.25, 0.3) is 0 Å². The second kappa shape index (κ2) is 5.07. The molecular weight excluding hydrogens is 204 g/mol. The van der Waals surface area contributed by atoms with Gasteiger partial charge in [0.25, 0.3) is 0 Å². The van der Waals surface area contributed by atoms with E-state index in [1.54, 1.807) is 0 Å². The van der Waals surface area contributed by atoms with E-state index < -0.39 is 0 Å². The third-order valence-corrected chi connectivity index (χ3v) is 5.46. The standard InChI is InChI=1S/C12H24N2S/c1-3-6-14-7-4-12(5-8-14)13-9-11(2)10-15-12/h11,13H,3-10H2,1-2H3. The maximum Gasteiger partial charge on any atom is 0.0669 e. The van der Waals surface area contributed by atoms with E-state index in [9.17, 15) is 0 Å². The Kier molecular flexibility index (Phi) is 3.97. The first-order valence-electron chi connectivity index (χ1n) is 6.35. The summed E-state index contributed by atoms with van der Waals surface area (Å²) in [7, 11) is 0. The van der Waals surface area contributed by atoms with Crippen molar-refractivity contribution in [2.24, 2.45) is 5.92 Å². The lowest BCUT2D eigenvalue weighted by atomic mass is 10.0. The molecule has 0 amide bonds. The molecule has 1 spiro atoms. The van der Waals surface area contributed by atoms with Gasteiger partial charge >= 0.3 is 0 Å². The molecule has 1 unspecified atom stereocenters. The topological polar surface area (TPSA) is 15.3 Å². The number of rotatable bonds is 2. The van der Waals surface area contributed by atoms with E-state index in [1.165, 1.54) is 51.2 Å². The quantitative estimate of drug-likeness (QED) is 0.780. The zero-order valence-electron chi connectivity index (χ0n) is 10.1. The van der Waals surface area contributed by atoms with Crippen LogP contribution in [-0.2, 0) is 0 Å². The van der Waals surface area contributed by atoms with Crippen molar-refractivity contribution in [1.82, 2.24) is 10.2 Å². The minimum Gasteiger partial charge on any atom is -0.303 e. The number of likely N-dealkylation sites (tertiary alicyclic amines) is 1. The molecule has 15 heavy (non-hydrogen) atoms. The van der Waals surface area contributed by atoms with Gasteiger partial charge in [-0.05, 0) is 44.0 Å². The van der Waals surface area contributed by atoms with Crippen molar-refractivity contribution < 1.29 is 0 Å². The van der Waals surface area contributed by atoms with Gasteiger partial charge in [0.2, 0.25) is 0 Å². The third-order valence-electron chi connectivity index (χ3n) is 3.62. The summed E-state index contributed by atoms with van der Waals surface area (Å²) in [5, 5.41) is 3.78. The summed E-state index contributed by atoms with van der Waals surface area (Å²) in [6.07, 6.45) is 3.97. The highest BCUT2D eigenvalue weighted by molar-refractivity contribution is 8.00. The largest absolute Gasteiger partial charge is 0.303 e.